The summed E-state index contributed by atoms with van der Waals surface area (Å²) in [5, 5.41) is 3.28. The van der Waals surface area contributed by atoms with E-state index in [0.29, 0.717) is 5.66 Å². The van der Waals surface area contributed by atoms with Crippen LogP contribution in [0, 0.1) is 11.6 Å². The lowest BCUT2D eigenvalue weighted by Gasteiger charge is -2.39. The van der Waals surface area contributed by atoms with Gasteiger partial charge in [0.2, 0.25) is 0 Å². The van der Waals surface area contributed by atoms with Crippen LogP contribution in [-0.4, -0.2) is 12.6 Å². The van der Waals surface area contributed by atoms with Crippen molar-refractivity contribution in [1.82, 2.24) is 0 Å². The predicted molar refractivity (Wildman–Crippen MR) is 178 cm³/mol. The van der Waals surface area contributed by atoms with Crippen molar-refractivity contribution in [3.8, 4) is 0 Å². The number of ether oxygens (including phenoxy) is 1. The van der Waals surface area contributed by atoms with Crippen LogP contribution in [0.2, 0.25) is 0 Å². The summed E-state index contributed by atoms with van der Waals surface area (Å²) < 4.78 is 5.82. The summed E-state index contributed by atoms with van der Waals surface area (Å²) in [7, 11) is -2.66. The van der Waals surface area contributed by atoms with E-state index in [0.717, 1.165) is 33.0 Å². The third-order valence-electron chi connectivity index (χ3n) is 7.06. The molecular weight excluding hydrogens is 531 g/mol. The van der Waals surface area contributed by atoms with Gasteiger partial charge in [0.05, 0.1) is 29.8 Å². The van der Waals surface area contributed by atoms with Crippen LogP contribution >= 0.6 is 7.26 Å². The summed E-state index contributed by atoms with van der Waals surface area (Å²) >= 11 is 0. The first-order chi connectivity index (χ1) is 20.7. The van der Waals surface area contributed by atoms with Crippen LogP contribution in [0.3, 0.4) is 0 Å². The van der Waals surface area contributed by atoms with E-state index in [1.807, 2.05) is 104 Å². The molecule has 5 rings (SSSR count). The molecule has 0 amide bonds. The maximum absolute atomic E-state index is 14.1. The summed E-state index contributed by atoms with van der Waals surface area (Å²) in [6, 6.07) is 51.7. The number of rotatable bonds is 11. The Kier molecular flexibility index (Phi) is 9.73. The Morgan fingerprint density at radius 3 is 1.48 bits per heavy atom. The number of benzene rings is 5. The molecule has 42 heavy (non-hydrogen) atoms. The van der Waals surface area contributed by atoms with Crippen LogP contribution in [0.15, 0.2) is 170 Å². The maximum atomic E-state index is 14.1. The highest BCUT2D eigenvalue weighted by atomic mass is 31.2. The first kappa shape index (κ1) is 28.7. The van der Waals surface area contributed by atoms with Gasteiger partial charge in [0.15, 0.2) is 0 Å². The Bertz CT molecular complexity index is 1490. The number of esters is 1. The molecule has 2 nitrogen and oxygen atoms in total. The number of carbonyl (C=O) groups excluding carboxylic acids is 1. The molecule has 5 aromatic rings. The largest absolute Gasteiger partial charge is 0.474 e. The van der Waals surface area contributed by atoms with Crippen LogP contribution in [-0.2, 0) is 9.53 Å². The molecule has 0 heterocycles. The molecule has 3 heteroatoms. The first-order valence-electron chi connectivity index (χ1n) is 14.2. The molecule has 0 unspecified atom stereocenters. The number of hydrogen-bond acceptors (Lipinski definition) is 2. The Morgan fingerprint density at radius 1 is 0.595 bits per heavy atom. The fourth-order valence-corrected chi connectivity index (χ4v) is 9.36. The third kappa shape index (κ3) is 6.41. The van der Waals surface area contributed by atoms with Crippen LogP contribution in [0.5, 0.6) is 0 Å². The molecule has 0 aromatic heterocycles. The molecule has 208 valence electrons. The van der Waals surface area contributed by atoms with Gasteiger partial charge in [0, 0.05) is 5.66 Å². The number of hydrogen-bond donors (Lipinski definition) is 0. The molecule has 0 aliphatic carbocycles. The van der Waals surface area contributed by atoms with Gasteiger partial charge in [-0.1, -0.05) is 109 Å². The van der Waals surface area contributed by atoms with Crippen molar-refractivity contribution in [3.63, 3.8) is 0 Å². The standard InChI is InChI=1S/C39H34O2P/c1-2-41-39(40)38(31-30-34(33-20-10-4-11-21-33)29-28-32-18-8-3-9-19-32)42(35-22-12-5-13-23-35,36-24-14-6-15-25-36)37-26-16-7-17-27-37/h3-31H,2H2,1H3/q-1. The van der Waals surface area contributed by atoms with Crippen LogP contribution in [0.1, 0.15) is 18.1 Å². The van der Waals surface area contributed by atoms with Gasteiger partial charge in [-0.15, -0.1) is 29.8 Å². The van der Waals surface area contributed by atoms with Gasteiger partial charge in [-0.25, -0.2) is 6.08 Å². The second-order valence-corrected chi connectivity index (χ2v) is 13.1. The second kappa shape index (κ2) is 14.2. The van der Waals surface area contributed by atoms with E-state index in [4.69, 9.17) is 4.74 Å². The van der Waals surface area contributed by atoms with E-state index in [-0.39, 0.29) is 12.6 Å². The van der Waals surface area contributed by atoms with E-state index in [9.17, 15) is 4.79 Å². The highest BCUT2D eigenvalue weighted by molar-refractivity contribution is 7.99. The van der Waals surface area contributed by atoms with Gasteiger partial charge in [-0.2, -0.15) is 5.92 Å². The van der Waals surface area contributed by atoms with Gasteiger partial charge >= 0.3 is 0 Å². The minimum Gasteiger partial charge on any atom is -0.474 e. The van der Waals surface area contributed by atoms with Crippen molar-refractivity contribution in [2.24, 2.45) is 0 Å². The smallest absolute Gasteiger partial charge is 0.282 e. The molecule has 0 aliphatic rings. The average molecular weight is 566 g/mol. The minimum absolute atomic E-state index is 0.289. The summed E-state index contributed by atoms with van der Waals surface area (Å²) in [5.74, 6) is 0.687. The minimum atomic E-state index is -2.66. The van der Waals surface area contributed by atoms with E-state index < -0.39 is 7.26 Å². The van der Waals surface area contributed by atoms with Crippen LogP contribution in [0.4, 0.5) is 0 Å². The van der Waals surface area contributed by atoms with Crippen molar-refractivity contribution in [2.75, 3.05) is 6.61 Å². The van der Waals surface area contributed by atoms with Crippen molar-refractivity contribution in [1.29, 1.82) is 0 Å². The monoisotopic (exact) mass is 565 g/mol. The topological polar surface area (TPSA) is 26.3 Å². The predicted octanol–water partition coefficient (Wildman–Crippen LogP) is 7.97. The molecular formula is C39H34O2P-. The fraction of sp³-hybridized carbons (Fsp3) is 0.0513. The Morgan fingerprint density at radius 2 is 1.02 bits per heavy atom. The maximum Gasteiger partial charge on any atom is 0.282 e. The molecule has 5 aromatic carbocycles. The van der Waals surface area contributed by atoms with Crippen molar-refractivity contribution < 1.29 is 9.53 Å². The molecule has 0 saturated carbocycles. The molecule has 0 bridgehead atoms. The van der Waals surface area contributed by atoms with Gasteiger partial charge < -0.3 is 4.74 Å². The molecule has 0 fully saturated rings. The Balaban J connectivity index is 1.72. The molecule has 0 radical (unpaired) electrons. The van der Waals surface area contributed by atoms with Crippen molar-refractivity contribution in [3.05, 3.63) is 193 Å². The van der Waals surface area contributed by atoms with Crippen LogP contribution in [0.25, 0.3) is 6.08 Å². The molecule has 0 saturated heterocycles. The lowest BCUT2D eigenvalue weighted by molar-refractivity contribution is -0.139. The number of allylic oxidation sites excluding steroid dienone is 2. The van der Waals surface area contributed by atoms with Gasteiger partial charge in [-0.05, 0) is 43.3 Å². The van der Waals surface area contributed by atoms with Gasteiger partial charge in [0.25, 0.3) is 5.97 Å². The molecule has 0 aliphatic heterocycles. The summed E-state index contributed by atoms with van der Waals surface area (Å²) in [6.07, 6.45) is 8.27. The highest BCUT2D eigenvalue weighted by Crippen LogP contribution is 2.65. The number of carbonyl (C=O) groups is 1. The normalized spacial score (nSPS) is 11.5. The van der Waals surface area contributed by atoms with Crippen LogP contribution < -0.4 is 15.9 Å². The summed E-state index contributed by atoms with van der Waals surface area (Å²) in [6.45, 7) is 2.15. The molecule has 0 atom stereocenters. The quantitative estimate of drug-likeness (QED) is 0.0923. The first-order valence-corrected chi connectivity index (χ1v) is 16.0. The van der Waals surface area contributed by atoms with Gasteiger partial charge in [0.1, 0.15) is 0 Å². The average Bonchev–Trinajstić information content (AvgIpc) is 3.06. The lowest BCUT2D eigenvalue weighted by Crippen LogP contribution is -2.38. The van der Waals surface area contributed by atoms with Crippen molar-refractivity contribution >= 4 is 35.2 Å². The lowest BCUT2D eigenvalue weighted by atomic mass is 9.97. The SMILES string of the molecule is CCOC(=O)[C-](C=C[C-](C=Cc1ccccc1)c1ccccc1)[P+](c1ccccc1)(c1ccccc1)c1ccccc1. The summed E-state index contributed by atoms with van der Waals surface area (Å²) in [5.41, 5.74) is 2.82. The molecule has 0 N–H and O–H groups in total. The zero-order valence-corrected chi connectivity index (χ0v) is 24.6. The van der Waals surface area contributed by atoms with E-state index in [1.54, 1.807) is 0 Å². The fourth-order valence-electron chi connectivity index (χ4n) is 5.14. The Hall–Kier alpha value is -4.78. The Labute approximate surface area is 250 Å². The third-order valence-corrected chi connectivity index (χ3v) is 11.3. The highest BCUT2D eigenvalue weighted by Gasteiger charge is 2.49. The van der Waals surface area contributed by atoms with E-state index in [1.165, 1.54) is 0 Å². The van der Waals surface area contributed by atoms with E-state index in [2.05, 4.69) is 78.9 Å². The molecule has 0 spiro atoms. The van der Waals surface area contributed by atoms with Gasteiger partial charge in [-0.3, -0.25) is 10.9 Å². The summed E-state index contributed by atoms with van der Waals surface area (Å²) in [4.78, 5) is 14.1. The zero-order valence-electron chi connectivity index (χ0n) is 23.7. The van der Waals surface area contributed by atoms with Crippen molar-refractivity contribution in [2.45, 2.75) is 6.92 Å². The second-order valence-electron chi connectivity index (χ2n) is 9.68. The zero-order chi connectivity index (χ0) is 29.0. The van der Waals surface area contributed by atoms with E-state index >= 15 is 0 Å².